The molecule has 11 nitrogen and oxygen atoms in total. The number of nitrogens with zero attached hydrogens (tertiary/aromatic N) is 2. The lowest BCUT2D eigenvalue weighted by Gasteiger charge is -2.50. The molecule has 1 saturated carbocycles. The number of piperidine rings is 1. The van der Waals surface area contributed by atoms with Crippen LogP contribution in [0.2, 0.25) is 0 Å². The number of fused-ring (bicyclic) bond motifs is 3. The van der Waals surface area contributed by atoms with E-state index in [1.807, 2.05) is 4.90 Å². The van der Waals surface area contributed by atoms with E-state index in [-0.39, 0.29) is 55.7 Å². The predicted molar refractivity (Wildman–Crippen MR) is 151 cm³/mol. The van der Waals surface area contributed by atoms with E-state index in [2.05, 4.69) is 0 Å². The monoisotopic (exact) mass is 613 g/mol. The van der Waals surface area contributed by atoms with Gasteiger partial charge in [-0.25, -0.2) is 8.78 Å². The minimum atomic E-state index is -2.73. The van der Waals surface area contributed by atoms with Gasteiger partial charge < -0.3 is 30.6 Å². The first-order chi connectivity index (χ1) is 20.7. The summed E-state index contributed by atoms with van der Waals surface area (Å²) >= 11 is 0. The van der Waals surface area contributed by atoms with Crippen molar-refractivity contribution in [3.05, 3.63) is 58.1 Å². The molecule has 4 atom stereocenters. The van der Waals surface area contributed by atoms with Crippen LogP contribution >= 0.6 is 0 Å². The molecule has 2 fully saturated rings. The summed E-state index contributed by atoms with van der Waals surface area (Å²) < 4.78 is 33.3. The van der Waals surface area contributed by atoms with Gasteiger partial charge in [-0.1, -0.05) is 0 Å². The molecule has 0 spiro atoms. The third-order valence-corrected chi connectivity index (χ3v) is 9.58. The first kappa shape index (κ1) is 30.0. The number of rotatable bonds is 5. The maximum Gasteiger partial charge on any atom is 0.255 e. The number of hydrogen-bond acceptors (Lipinski definition) is 10. The number of likely N-dealkylation sites (tertiary alicyclic amines) is 1. The van der Waals surface area contributed by atoms with Crippen LogP contribution in [0, 0.1) is 11.8 Å². The van der Waals surface area contributed by atoms with E-state index in [0.29, 0.717) is 29.0 Å². The van der Waals surface area contributed by atoms with Gasteiger partial charge in [0.05, 0.1) is 17.9 Å². The summed E-state index contributed by atoms with van der Waals surface area (Å²) in [5.41, 5.74) is 3.14. The van der Waals surface area contributed by atoms with Gasteiger partial charge in [0.25, 0.3) is 11.8 Å². The summed E-state index contributed by atoms with van der Waals surface area (Å²) in [5.74, 6) is -9.55. The number of phenolic OH excluding ortho intramolecular Hbond substituents is 1. The number of primary amides is 1. The minimum Gasteiger partial charge on any atom is -0.508 e. The van der Waals surface area contributed by atoms with Crippen LogP contribution in [0.1, 0.15) is 36.0 Å². The number of carbonyl (C=O) groups is 3. The minimum absolute atomic E-state index is 0.0478. The van der Waals surface area contributed by atoms with Crippen LogP contribution in [-0.4, -0.2) is 92.4 Å². The number of aliphatic hydroxyl groups is 3. The lowest BCUT2D eigenvalue weighted by atomic mass is 9.57. The second kappa shape index (κ2) is 10.2. The van der Waals surface area contributed by atoms with Gasteiger partial charge in [-0.05, 0) is 56.6 Å². The highest BCUT2D eigenvalue weighted by Crippen LogP contribution is 2.53. The van der Waals surface area contributed by atoms with Crippen LogP contribution < -0.4 is 5.73 Å². The first-order valence-corrected chi connectivity index (χ1v) is 14.3. The van der Waals surface area contributed by atoms with Gasteiger partial charge in [0, 0.05) is 55.1 Å². The first-order valence-electron chi connectivity index (χ1n) is 14.3. The van der Waals surface area contributed by atoms with Gasteiger partial charge in [-0.2, -0.15) is 0 Å². The summed E-state index contributed by atoms with van der Waals surface area (Å²) in [7, 11) is 3.07. The molecule has 0 unspecified atom stereocenters. The predicted octanol–water partition coefficient (Wildman–Crippen LogP) is 2.46. The molecule has 3 aliphatic carbocycles. The van der Waals surface area contributed by atoms with Crippen LogP contribution in [0.4, 0.5) is 8.78 Å². The number of hydrogen-bond donors (Lipinski definition) is 5. The molecule has 13 heteroatoms. The maximum absolute atomic E-state index is 14.0. The Morgan fingerprint density at radius 3 is 2.45 bits per heavy atom. The zero-order valence-electron chi connectivity index (χ0n) is 24.1. The van der Waals surface area contributed by atoms with Crippen molar-refractivity contribution in [2.45, 2.75) is 49.8 Å². The zero-order valence-corrected chi connectivity index (χ0v) is 24.1. The number of alkyl halides is 2. The number of halogens is 2. The van der Waals surface area contributed by atoms with Crippen molar-refractivity contribution < 1.29 is 48.0 Å². The Balaban J connectivity index is 1.44. The number of ketones is 2. The SMILES string of the molecule is CN(C)[C@@H]1C(=O)C(C(N)=O)=C(O)[C@@]2(O)C(=O)C3=C(O)c4c(O)ccc(-c5occc5CN5CCC(F)(F)CC5)c4C[C@H]3C[C@@H]12. The van der Waals surface area contributed by atoms with Gasteiger partial charge in [0.2, 0.25) is 5.78 Å². The number of likely N-dealkylation sites (N-methyl/N-ethyl adjacent to an activating group) is 1. The van der Waals surface area contributed by atoms with Gasteiger partial charge in [-0.3, -0.25) is 24.2 Å². The molecule has 0 bridgehead atoms. The molecule has 1 aromatic carbocycles. The number of carbonyl (C=O) groups excluding carboxylic acids is 3. The van der Waals surface area contributed by atoms with E-state index in [1.165, 1.54) is 31.3 Å². The molecular weight excluding hydrogens is 580 g/mol. The normalized spacial score (nSPS) is 28.6. The highest BCUT2D eigenvalue weighted by molar-refractivity contribution is 6.24. The fraction of sp³-hybridized carbons (Fsp3) is 0.452. The fourth-order valence-corrected chi connectivity index (χ4v) is 7.43. The Morgan fingerprint density at radius 1 is 1.14 bits per heavy atom. The molecule has 1 aliphatic heterocycles. The third-order valence-electron chi connectivity index (χ3n) is 9.58. The van der Waals surface area contributed by atoms with E-state index in [1.54, 1.807) is 12.1 Å². The molecule has 2 aromatic rings. The van der Waals surface area contributed by atoms with Crippen molar-refractivity contribution in [3.63, 3.8) is 0 Å². The molecule has 2 heterocycles. The van der Waals surface area contributed by atoms with Gasteiger partial charge in [0.15, 0.2) is 11.4 Å². The molecule has 44 heavy (non-hydrogen) atoms. The summed E-state index contributed by atoms with van der Waals surface area (Å²) in [4.78, 5) is 42.8. The lowest BCUT2D eigenvalue weighted by Crippen LogP contribution is -2.65. The smallest absolute Gasteiger partial charge is 0.255 e. The second-order valence-electron chi connectivity index (χ2n) is 12.4. The van der Waals surface area contributed by atoms with E-state index in [0.717, 1.165) is 0 Å². The highest BCUT2D eigenvalue weighted by Gasteiger charge is 2.64. The Kier molecular flexibility index (Phi) is 6.98. The Morgan fingerprint density at radius 2 is 1.82 bits per heavy atom. The topological polar surface area (TPSA) is 178 Å². The van der Waals surface area contributed by atoms with Crippen LogP contribution in [-0.2, 0) is 27.3 Å². The Labute approximate surface area is 250 Å². The van der Waals surface area contributed by atoms with Gasteiger partial charge in [0.1, 0.15) is 28.6 Å². The average Bonchev–Trinajstić information content (AvgIpc) is 3.39. The largest absolute Gasteiger partial charge is 0.508 e. The Bertz CT molecular complexity index is 1650. The van der Waals surface area contributed by atoms with Crippen molar-refractivity contribution in [3.8, 4) is 17.1 Å². The van der Waals surface area contributed by atoms with E-state index in [9.17, 15) is 43.6 Å². The number of aliphatic hydroxyl groups excluding tert-OH is 2. The molecule has 4 aliphatic rings. The van der Waals surface area contributed by atoms with E-state index in [4.69, 9.17) is 10.2 Å². The number of furan rings is 1. The molecule has 1 amide bonds. The summed E-state index contributed by atoms with van der Waals surface area (Å²) in [6.45, 7) is 0.747. The number of benzene rings is 1. The molecular formula is C31H33F2N3O8. The van der Waals surface area contributed by atoms with Crippen molar-refractivity contribution in [2.75, 3.05) is 27.2 Å². The molecule has 0 radical (unpaired) electrons. The zero-order chi connectivity index (χ0) is 31.9. The van der Waals surface area contributed by atoms with E-state index < -0.39 is 64.0 Å². The van der Waals surface area contributed by atoms with Crippen LogP contribution in [0.25, 0.3) is 17.1 Å². The number of nitrogens with two attached hydrogens (primary N) is 1. The van der Waals surface area contributed by atoms with Crippen molar-refractivity contribution in [2.24, 2.45) is 17.6 Å². The molecule has 6 rings (SSSR count). The average molecular weight is 614 g/mol. The molecule has 6 N–H and O–H groups in total. The summed E-state index contributed by atoms with van der Waals surface area (Å²) in [6, 6.07) is 3.48. The standard InChI is InChI=1S/C31H33F2N3O8/c1-35(2)23-18-12-15-11-17-16(26-14(5-10-44-26)13-36-8-6-30(32,33)7-9-36)3-4-19(37)21(17)24(38)20(15)27(40)31(18,43)28(41)22(25(23)39)29(34)42/h3-5,10,15,18,23,37-38,41,43H,6-9,11-13H2,1-2H3,(H2,34,42)/t15-,18-,23-,31-/m0/s1. The quantitative estimate of drug-likeness (QED) is 0.315. The highest BCUT2D eigenvalue weighted by atomic mass is 19.3. The molecule has 234 valence electrons. The van der Waals surface area contributed by atoms with E-state index >= 15 is 0 Å². The number of amides is 1. The lowest BCUT2D eigenvalue weighted by molar-refractivity contribution is -0.153. The number of phenols is 1. The van der Waals surface area contributed by atoms with Crippen molar-refractivity contribution in [1.29, 1.82) is 0 Å². The number of Topliss-reactive ketones (excluding diaryl/α,β-unsaturated/α-hetero) is 2. The van der Waals surface area contributed by atoms with Crippen LogP contribution in [0.5, 0.6) is 5.75 Å². The van der Waals surface area contributed by atoms with Crippen LogP contribution in [0.15, 0.2) is 45.8 Å². The maximum atomic E-state index is 14.0. The third kappa shape index (κ3) is 4.36. The number of aromatic hydroxyl groups is 1. The second-order valence-corrected chi connectivity index (χ2v) is 12.4. The molecule has 1 aromatic heterocycles. The Hall–Kier alpha value is -4.07. The van der Waals surface area contributed by atoms with Gasteiger partial charge in [-0.15, -0.1) is 0 Å². The van der Waals surface area contributed by atoms with Crippen molar-refractivity contribution in [1.82, 2.24) is 9.80 Å². The van der Waals surface area contributed by atoms with Crippen molar-refractivity contribution >= 4 is 23.2 Å². The molecule has 1 saturated heterocycles. The summed E-state index contributed by atoms with van der Waals surface area (Å²) in [5, 5.41) is 45.1. The van der Waals surface area contributed by atoms with Crippen LogP contribution in [0.3, 0.4) is 0 Å². The summed E-state index contributed by atoms with van der Waals surface area (Å²) in [6.07, 6.45) is 1.02. The fourth-order valence-electron chi connectivity index (χ4n) is 7.43. The van der Waals surface area contributed by atoms with Gasteiger partial charge >= 0.3 is 0 Å².